The van der Waals surface area contributed by atoms with Gasteiger partial charge in [-0.15, -0.1) is 0 Å². The maximum absolute atomic E-state index is 12.5. The van der Waals surface area contributed by atoms with Crippen LogP contribution in [0.4, 0.5) is 27.6 Å². The summed E-state index contributed by atoms with van der Waals surface area (Å²) in [6, 6.07) is 5.16. The van der Waals surface area contributed by atoms with Crippen LogP contribution in [-0.4, -0.2) is 29.6 Å². The molecule has 0 bridgehead atoms. The number of ether oxygens (including phenoxy) is 1. The number of nitro groups is 1. The molecule has 1 aromatic rings. The van der Waals surface area contributed by atoms with Crippen molar-refractivity contribution in [1.29, 1.82) is 0 Å². The van der Waals surface area contributed by atoms with Crippen LogP contribution in [0.3, 0.4) is 0 Å². The second-order valence-corrected chi connectivity index (χ2v) is 3.84. The number of rotatable bonds is 5. The first-order chi connectivity index (χ1) is 9.57. The van der Waals surface area contributed by atoms with E-state index in [2.05, 4.69) is 4.74 Å². The number of hydrogen-bond donors (Lipinski definition) is 0. The molecule has 0 radical (unpaired) electrons. The van der Waals surface area contributed by atoms with Gasteiger partial charge in [-0.25, -0.2) is 4.79 Å². The summed E-state index contributed by atoms with van der Waals surface area (Å²) >= 11 is 0. The third kappa shape index (κ3) is 3.86. The third-order valence-corrected chi connectivity index (χ3v) is 2.41. The number of nitro benzene ring substituents is 1. The molecule has 0 saturated carbocycles. The van der Waals surface area contributed by atoms with Gasteiger partial charge in [0.25, 0.3) is 5.69 Å². The number of alkyl halides is 5. The van der Waals surface area contributed by atoms with Crippen molar-refractivity contribution in [3.05, 3.63) is 39.9 Å². The van der Waals surface area contributed by atoms with Gasteiger partial charge in [-0.3, -0.25) is 10.1 Å². The van der Waals surface area contributed by atoms with Crippen LogP contribution in [0.5, 0.6) is 0 Å². The summed E-state index contributed by atoms with van der Waals surface area (Å²) < 4.78 is 64.5. The standard InChI is InChI=1S/C11H8F5NO4/c12-10(13,11(14,15)16)9(18)21-6-5-7-3-1-2-4-8(7)17(19)20/h1-4H,5-6H2. The SMILES string of the molecule is O=C(OCCc1ccccc1[N+](=O)[O-])C(F)(F)C(F)(F)F. The topological polar surface area (TPSA) is 69.4 Å². The fraction of sp³-hybridized carbons (Fsp3) is 0.364. The average molecular weight is 313 g/mol. The van der Waals surface area contributed by atoms with Crippen LogP contribution in [0.25, 0.3) is 0 Å². The van der Waals surface area contributed by atoms with Crippen molar-refractivity contribution in [2.45, 2.75) is 18.5 Å². The van der Waals surface area contributed by atoms with Crippen molar-refractivity contribution >= 4 is 11.7 Å². The van der Waals surface area contributed by atoms with Gasteiger partial charge >= 0.3 is 18.1 Å². The van der Waals surface area contributed by atoms with Gasteiger partial charge < -0.3 is 4.74 Å². The van der Waals surface area contributed by atoms with Crippen LogP contribution in [0.2, 0.25) is 0 Å². The van der Waals surface area contributed by atoms with Crippen LogP contribution in [0, 0.1) is 10.1 Å². The number of benzene rings is 1. The largest absolute Gasteiger partial charge is 0.465 e. The number of para-hydroxylation sites is 1. The summed E-state index contributed by atoms with van der Waals surface area (Å²) in [5, 5.41) is 10.6. The van der Waals surface area contributed by atoms with Gasteiger partial charge in [0.2, 0.25) is 0 Å². The smallest absolute Gasteiger partial charge is 0.461 e. The van der Waals surface area contributed by atoms with E-state index in [4.69, 9.17) is 0 Å². The number of carbonyl (C=O) groups excluding carboxylic acids is 1. The highest BCUT2D eigenvalue weighted by Gasteiger charge is 2.64. The molecular weight excluding hydrogens is 305 g/mol. The zero-order valence-electron chi connectivity index (χ0n) is 10.2. The van der Waals surface area contributed by atoms with Crippen LogP contribution < -0.4 is 0 Å². The molecule has 10 heteroatoms. The molecule has 0 aromatic heterocycles. The van der Waals surface area contributed by atoms with Crippen molar-refractivity contribution in [3.8, 4) is 0 Å². The summed E-state index contributed by atoms with van der Waals surface area (Å²) in [6.45, 7) is -0.838. The normalized spacial score (nSPS) is 12.0. The Bertz CT molecular complexity index is 544. The number of esters is 1. The van der Waals surface area contributed by atoms with E-state index < -0.39 is 29.6 Å². The predicted molar refractivity (Wildman–Crippen MR) is 58.8 cm³/mol. The van der Waals surface area contributed by atoms with E-state index in [1.165, 1.54) is 18.2 Å². The van der Waals surface area contributed by atoms with E-state index in [1.807, 2.05) is 0 Å². The zero-order valence-corrected chi connectivity index (χ0v) is 10.2. The molecule has 0 atom stereocenters. The Kier molecular flexibility index (Phi) is 4.81. The minimum absolute atomic E-state index is 0.0469. The summed E-state index contributed by atoms with van der Waals surface area (Å²) in [5.74, 6) is -8.36. The lowest BCUT2D eigenvalue weighted by atomic mass is 10.1. The van der Waals surface area contributed by atoms with E-state index >= 15 is 0 Å². The first-order valence-corrected chi connectivity index (χ1v) is 5.41. The maximum atomic E-state index is 12.5. The molecule has 0 saturated heterocycles. The Morgan fingerprint density at radius 1 is 1.19 bits per heavy atom. The number of carbonyl (C=O) groups is 1. The molecule has 0 N–H and O–H groups in total. The Morgan fingerprint density at radius 2 is 1.76 bits per heavy atom. The highest BCUT2D eigenvalue weighted by Crippen LogP contribution is 2.36. The van der Waals surface area contributed by atoms with Gasteiger partial charge in [-0.05, 0) is 0 Å². The van der Waals surface area contributed by atoms with E-state index in [0.29, 0.717) is 0 Å². The van der Waals surface area contributed by atoms with E-state index in [9.17, 15) is 36.9 Å². The fourth-order valence-electron chi connectivity index (χ4n) is 1.36. The third-order valence-electron chi connectivity index (χ3n) is 2.41. The second-order valence-electron chi connectivity index (χ2n) is 3.84. The minimum Gasteiger partial charge on any atom is -0.461 e. The molecule has 0 aliphatic carbocycles. The summed E-state index contributed by atoms with van der Waals surface area (Å²) in [7, 11) is 0. The zero-order chi connectivity index (χ0) is 16.3. The van der Waals surface area contributed by atoms with E-state index in [-0.39, 0.29) is 17.7 Å². The Hall–Kier alpha value is -2.26. The number of halogens is 5. The quantitative estimate of drug-likeness (QED) is 0.363. The number of hydrogen-bond acceptors (Lipinski definition) is 4. The van der Waals surface area contributed by atoms with Gasteiger partial charge in [0.15, 0.2) is 0 Å². The molecule has 1 rings (SSSR count). The molecule has 5 nitrogen and oxygen atoms in total. The van der Waals surface area contributed by atoms with Crippen molar-refractivity contribution in [3.63, 3.8) is 0 Å². The minimum atomic E-state index is -6.05. The Labute approximate surface area is 114 Å². The van der Waals surface area contributed by atoms with Crippen LogP contribution in [-0.2, 0) is 16.0 Å². The molecule has 1 aromatic carbocycles. The monoisotopic (exact) mass is 313 g/mol. The molecule has 116 valence electrons. The first kappa shape index (κ1) is 16.8. The maximum Gasteiger partial charge on any atom is 0.465 e. The van der Waals surface area contributed by atoms with Crippen molar-refractivity contribution in [1.82, 2.24) is 0 Å². The molecule has 0 heterocycles. The van der Waals surface area contributed by atoms with Crippen molar-refractivity contribution in [2.75, 3.05) is 6.61 Å². The second kappa shape index (κ2) is 6.02. The van der Waals surface area contributed by atoms with Gasteiger partial charge in [0.1, 0.15) is 0 Å². The molecule has 0 aliphatic heterocycles. The molecule has 0 aliphatic rings. The highest BCUT2D eigenvalue weighted by molar-refractivity contribution is 5.78. The van der Waals surface area contributed by atoms with Crippen LogP contribution >= 0.6 is 0 Å². The van der Waals surface area contributed by atoms with Crippen LogP contribution in [0.15, 0.2) is 24.3 Å². The predicted octanol–water partition coefficient (Wildman–Crippen LogP) is 2.88. The summed E-state index contributed by atoms with van der Waals surface area (Å²) in [4.78, 5) is 20.6. The van der Waals surface area contributed by atoms with Gasteiger partial charge in [0, 0.05) is 18.1 Å². The summed E-state index contributed by atoms with van der Waals surface area (Å²) in [5.41, 5.74) is -0.304. The lowest BCUT2D eigenvalue weighted by molar-refractivity contribution is -0.385. The molecule has 0 spiro atoms. The van der Waals surface area contributed by atoms with Crippen LogP contribution in [0.1, 0.15) is 5.56 Å². The highest BCUT2D eigenvalue weighted by atomic mass is 19.4. The summed E-state index contributed by atoms with van der Waals surface area (Å²) in [6.07, 6.45) is -6.42. The van der Waals surface area contributed by atoms with Gasteiger partial charge in [-0.2, -0.15) is 22.0 Å². The molecule has 0 unspecified atom stereocenters. The molecular formula is C11H8F5NO4. The van der Waals surface area contributed by atoms with Gasteiger partial charge in [-0.1, -0.05) is 18.2 Å². The average Bonchev–Trinajstić information content (AvgIpc) is 2.37. The molecule has 0 amide bonds. The molecule has 0 fully saturated rings. The first-order valence-electron chi connectivity index (χ1n) is 5.41. The van der Waals surface area contributed by atoms with E-state index in [0.717, 1.165) is 6.07 Å². The number of nitrogens with zero attached hydrogens (tertiary/aromatic N) is 1. The van der Waals surface area contributed by atoms with Gasteiger partial charge in [0.05, 0.1) is 11.5 Å². The molecule has 21 heavy (non-hydrogen) atoms. The Balaban J connectivity index is 2.67. The van der Waals surface area contributed by atoms with Crippen molar-refractivity contribution < 1.29 is 36.4 Å². The van der Waals surface area contributed by atoms with Crippen molar-refractivity contribution in [2.24, 2.45) is 0 Å². The Morgan fingerprint density at radius 3 is 2.29 bits per heavy atom. The fourth-order valence-corrected chi connectivity index (χ4v) is 1.36. The lowest BCUT2D eigenvalue weighted by Gasteiger charge is -2.17. The lowest BCUT2D eigenvalue weighted by Crippen LogP contribution is -2.45. The van der Waals surface area contributed by atoms with E-state index in [1.54, 1.807) is 0 Å².